The van der Waals surface area contributed by atoms with Crippen molar-refractivity contribution in [2.75, 3.05) is 26.4 Å². The van der Waals surface area contributed by atoms with Crippen molar-refractivity contribution in [2.24, 2.45) is 0 Å². The van der Waals surface area contributed by atoms with Gasteiger partial charge < -0.3 is 9.80 Å². The topological polar surface area (TPSA) is 23.6 Å². The molecule has 3 nitrogen and oxygen atoms in total. The van der Waals surface area contributed by atoms with E-state index >= 15 is 0 Å². The molecule has 92 valence electrons. The molecule has 0 spiro atoms. The lowest BCUT2D eigenvalue weighted by Gasteiger charge is -2.27. The van der Waals surface area contributed by atoms with Gasteiger partial charge in [0.2, 0.25) is 0 Å². The Morgan fingerprint density at radius 3 is 2.94 bits per heavy atom. The van der Waals surface area contributed by atoms with Crippen LogP contribution in [0.15, 0.2) is 24.3 Å². The molecule has 0 aliphatic carbocycles. The minimum absolute atomic E-state index is 0.0238. The van der Waals surface area contributed by atoms with Gasteiger partial charge in [0, 0.05) is 26.4 Å². The highest BCUT2D eigenvalue weighted by Crippen LogP contribution is 2.38. The molecule has 1 aromatic rings. The Kier molecular flexibility index (Phi) is 3.57. The molecule has 1 aliphatic rings. The van der Waals surface area contributed by atoms with E-state index in [-0.39, 0.29) is 17.2 Å². The molecule has 0 radical (unpaired) electrons. The van der Waals surface area contributed by atoms with Crippen molar-refractivity contribution in [3.8, 4) is 0 Å². The van der Waals surface area contributed by atoms with Crippen molar-refractivity contribution in [1.29, 1.82) is 0 Å². The molecule has 17 heavy (non-hydrogen) atoms. The fourth-order valence-electron chi connectivity index (χ4n) is 1.86. The Labute approximate surface area is 105 Å². The number of hydrogen-bond donors (Lipinski definition) is 0. The summed E-state index contributed by atoms with van der Waals surface area (Å²) in [5.41, 5.74) is 0.850. The van der Waals surface area contributed by atoms with Crippen molar-refractivity contribution < 1.29 is 9.18 Å². The predicted molar refractivity (Wildman–Crippen MR) is 67.4 cm³/mol. The number of carbonyl (C=O) groups is 1. The van der Waals surface area contributed by atoms with Gasteiger partial charge in [-0.3, -0.25) is 0 Å². The predicted octanol–water partition coefficient (Wildman–Crippen LogP) is 2.55. The van der Waals surface area contributed by atoms with E-state index in [1.54, 1.807) is 41.7 Å². The normalized spacial score (nSPS) is 19.5. The molecule has 5 heteroatoms. The van der Waals surface area contributed by atoms with Crippen molar-refractivity contribution in [3.63, 3.8) is 0 Å². The Morgan fingerprint density at radius 2 is 2.29 bits per heavy atom. The van der Waals surface area contributed by atoms with E-state index in [9.17, 15) is 9.18 Å². The van der Waals surface area contributed by atoms with Crippen LogP contribution in [0.2, 0.25) is 0 Å². The highest BCUT2D eigenvalue weighted by atomic mass is 32.2. The van der Waals surface area contributed by atoms with E-state index in [1.165, 1.54) is 12.1 Å². The van der Waals surface area contributed by atoms with Crippen LogP contribution in [-0.2, 0) is 0 Å². The van der Waals surface area contributed by atoms with Gasteiger partial charge in [0.25, 0.3) is 0 Å². The molecule has 0 aromatic heterocycles. The van der Waals surface area contributed by atoms with Gasteiger partial charge in [0.1, 0.15) is 11.2 Å². The van der Waals surface area contributed by atoms with Crippen LogP contribution in [0.1, 0.15) is 10.9 Å². The zero-order valence-electron chi connectivity index (χ0n) is 9.89. The summed E-state index contributed by atoms with van der Waals surface area (Å²) < 4.78 is 13.2. The largest absolute Gasteiger partial charge is 0.331 e. The molecular weight excluding hydrogens is 239 g/mol. The number of amides is 2. The molecule has 2 amide bonds. The third-order valence-corrected chi connectivity index (χ3v) is 3.91. The average Bonchev–Trinajstić information content (AvgIpc) is 2.76. The number of halogens is 1. The summed E-state index contributed by atoms with van der Waals surface area (Å²) in [6.45, 7) is 0.711. The van der Waals surface area contributed by atoms with Crippen molar-refractivity contribution >= 4 is 17.8 Å². The monoisotopic (exact) mass is 254 g/mol. The lowest BCUT2D eigenvalue weighted by Crippen LogP contribution is -2.38. The van der Waals surface area contributed by atoms with Crippen molar-refractivity contribution in [3.05, 3.63) is 35.6 Å². The maximum atomic E-state index is 13.2. The van der Waals surface area contributed by atoms with Gasteiger partial charge in [0.05, 0.1) is 0 Å². The van der Waals surface area contributed by atoms with E-state index in [0.29, 0.717) is 6.54 Å². The minimum atomic E-state index is -0.257. The molecule has 0 unspecified atom stereocenters. The number of urea groups is 1. The summed E-state index contributed by atoms with van der Waals surface area (Å²) in [7, 11) is 3.46. The van der Waals surface area contributed by atoms with Crippen LogP contribution in [0.5, 0.6) is 0 Å². The maximum absolute atomic E-state index is 13.2. The third kappa shape index (κ3) is 2.54. The smallest absolute Gasteiger partial charge is 0.320 e. The van der Waals surface area contributed by atoms with E-state index in [2.05, 4.69) is 0 Å². The molecule has 0 bridgehead atoms. The molecule has 1 aliphatic heterocycles. The van der Waals surface area contributed by atoms with Crippen LogP contribution in [0.25, 0.3) is 0 Å². The van der Waals surface area contributed by atoms with Crippen molar-refractivity contribution in [1.82, 2.24) is 9.80 Å². The number of thioether (sulfide) groups is 1. The van der Waals surface area contributed by atoms with Gasteiger partial charge >= 0.3 is 6.03 Å². The molecule has 1 heterocycles. The first-order valence-electron chi connectivity index (χ1n) is 5.44. The van der Waals surface area contributed by atoms with Crippen molar-refractivity contribution in [2.45, 2.75) is 5.37 Å². The fraction of sp³-hybridized carbons (Fsp3) is 0.417. The Morgan fingerprint density at radius 1 is 1.53 bits per heavy atom. The first-order valence-corrected chi connectivity index (χ1v) is 6.49. The summed E-state index contributed by atoms with van der Waals surface area (Å²) in [4.78, 5) is 15.3. The van der Waals surface area contributed by atoms with Crippen LogP contribution in [-0.4, -0.2) is 42.2 Å². The van der Waals surface area contributed by atoms with Gasteiger partial charge in [-0.25, -0.2) is 9.18 Å². The van der Waals surface area contributed by atoms with E-state index in [0.717, 1.165) is 11.3 Å². The first kappa shape index (κ1) is 12.2. The fourth-order valence-corrected chi connectivity index (χ4v) is 3.10. The average molecular weight is 254 g/mol. The summed E-state index contributed by atoms with van der Waals surface area (Å²) in [6.07, 6.45) is 0. The molecule has 1 fully saturated rings. The van der Waals surface area contributed by atoms with Gasteiger partial charge in [-0.05, 0) is 17.7 Å². The second-order valence-corrected chi connectivity index (χ2v) is 5.34. The Balaban J connectivity index is 2.23. The number of hydrogen-bond acceptors (Lipinski definition) is 2. The SMILES string of the molecule is CN(C)C(=O)N1CCS[C@@H]1c1cccc(F)c1. The van der Waals surface area contributed by atoms with Gasteiger partial charge in [-0.2, -0.15) is 0 Å². The first-order chi connectivity index (χ1) is 8.09. The summed E-state index contributed by atoms with van der Waals surface area (Å²) in [6, 6.07) is 6.44. The Hall–Kier alpha value is -1.23. The van der Waals surface area contributed by atoms with Gasteiger partial charge in [0.15, 0.2) is 0 Å². The van der Waals surface area contributed by atoms with Crippen LogP contribution in [0.3, 0.4) is 0 Å². The summed E-state index contributed by atoms with van der Waals surface area (Å²) >= 11 is 1.67. The molecule has 0 N–H and O–H groups in total. The second kappa shape index (κ2) is 4.96. The van der Waals surface area contributed by atoms with Crippen LogP contribution >= 0.6 is 11.8 Å². The number of nitrogens with zero attached hydrogens (tertiary/aromatic N) is 2. The molecule has 1 atom stereocenters. The zero-order chi connectivity index (χ0) is 12.4. The number of rotatable bonds is 1. The molecule has 1 aromatic carbocycles. The van der Waals surface area contributed by atoms with Gasteiger partial charge in [-0.15, -0.1) is 11.8 Å². The highest BCUT2D eigenvalue weighted by Gasteiger charge is 2.31. The third-order valence-electron chi connectivity index (χ3n) is 2.65. The summed E-state index contributed by atoms with van der Waals surface area (Å²) in [5.74, 6) is 0.632. The van der Waals surface area contributed by atoms with E-state index < -0.39 is 0 Å². The number of benzene rings is 1. The minimum Gasteiger partial charge on any atom is -0.331 e. The maximum Gasteiger partial charge on any atom is 0.320 e. The Bertz CT molecular complexity index is 425. The van der Waals surface area contributed by atoms with Crippen LogP contribution < -0.4 is 0 Å². The number of carbonyl (C=O) groups excluding carboxylic acids is 1. The van der Waals surface area contributed by atoms with Crippen LogP contribution in [0.4, 0.5) is 9.18 Å². The van der Waals surface area contributed by atoms with E-state index in [4.69, 9.17) is 0 Å². The standard InChI is InChI=1S/C12H15FN2OS/c1-14(2)12(16)15-6-7-17-11(15)9-4-3-5-10(13)8-9/h3-5,8,11H,6-7H2,1-2H3/t11-/m1/s1. The molecule has 0 saturated carbocycles. The zero-order valence-corrected chi connectivity index (χ0v) is 10.7. The summed E-state index contributed by atoms with van der Waals surface area (Å²) in [5, 5.41) is -0.0689. The van der Waals surface area contributed by atoms with Gasteiger partial charge in [-0.1, -0.05) is 12.1 Å². The molecular formula is C12H15FN2OS. The molecule has 1 saturated heterocycles. The lowest BCUT2D eigenvalue weighted by molar-refractivity contribution is 0.173. The van der Waals surface area contributed by atoms with Crippen LogP contribution in [0, 0.1) is 5.82 Å². The van der Waals surface area contributed by atoms with E-state index in [1.807, 2.05) is 6.07 Å². The quantitative estimate of drug-likeness (QED) is 0.769. The second-order valence-electron chi connectivity index (χ2n) is 4.15. The lowest BCUT2D eigenvalue weighted by atomic mass is 10.2. The highest BCUT2D eigenvalue weighted by molar-refractivity contribution is 7.99. The molecule has 2 rings (SSSR count).